The van der Waals surface area contributed by atoms with E-state index in [1.807, 2.05) is 27.7 Å². The Kier molecular flexibility index (Phi) is 12.3. The summed E-state index contributed by atoms with van der Waals surface area (Å²) < 4.78 is 0. The van der Waals surface area contributed by atoms with E-state index < -0.39 is 0 Å². The van der Waals surface area contributed by atoms with Crippen LogP contribution in [0.3, 0.4) is 0 Å². The van der Waals surface area contributed by atoms with Gasteiger partial charge in [0.2, 0.25) is 0 Å². The molecule has 2 saturated heterocycles. The van der Waals surface area contributed by atoms with Crippen molar-refractivity contribution in [2.45, 2.75) is 73.4 Å². The van der Waals surface area contributed by atoms with Crippen LogP contribution < -0.4 is 0 Å². The summed E-state index contributed by atoms with van der Waals surface area (Å²) >= 11 is 0. The van der Waals surface area contributed by atoms with E-state index in [9.17, 15) is 0 Å². The van der Waals surface area contributed by atoms with Gasteiger partial charge in [-0.25, -0.2) is 0 Å². The van der Waals surface area contributed by atoms with Crippen molar-refractivity contribution in [3.05, 3.63) is 0 Å². The number of piperidine rings is 1. The van der Waals surface area contributed by atoms with Gasteiger partial charge in [0.1, 0.15) is 0 Å². The molecule has 0 saturated carbocycles. The maximum absolute atomic E-state index is 2.71. The Bertz CT molecular complexity index is 247. The Morgan fingerprint density at radius 3 is 1.91 bits per heavy atom. The molecule has 2 rings (SSSR count). The van der Waals surface area contributed by atoms with Gasteiger partial charge < -0.3 is 9.80 Å². The highest BCUT2D eigenvalue weighted by Gasteiger charge is 2.27. The van der Waals surface area contributed by atoms with Crippen LogP contribution in [-0.2, 0) is 0 Å². The fraction of sp³-hybridized carbons (Fsp3) is 1.00. The maximum atomic E-state index is 2.71. The topological polar surface area (TPSA) is 9.72 Å². The summed E-state index contributed by atoms with van der Waals surface area (Å²) in [5.74, 6) is 0.944. The molecule has 2 heterocycles. The summed E-state index contributed by atoms with van der Waals surface area (Å²) in [7, 11) is 2.25. The molecule has 3 nitrogen and oxygen atoms in total. The second kappa shape index (κ2) is 12.3. The van der Waals surface area contributed by atoms with Crippen LogP contribution in [0.15, 0.2) is 0 Å². The number of hydrogen-bond acceptors (Lipinski definition) is 3. The predicted molar refractivity (Wildman–Crippen MR) is 101 cm³/mol. The Morgan fingerprint density at radius 2 is 1.45 bits per heavy atom. The van der Waals surface area contributed by atoms with Crippen molar-refractivity contribution in [3.8, 4) is 0 Å². The first kappa shape index (κ1) is 21.9. The fourth-order valence-electron chi connectivity index (χ4n) is 3.59. The van der Waals surface area contributed by atoms with E-state index in [4.69, 9.17) is 0 Å². The van der Waals surface area contributed by atoms with Crippen molar-refractivity contribution in [2.75, 3.05) is 46.3 Å². The van der Waals surface area contributed by atoms with Gasteiger partial charge in [-0.15, -0.1) is 0 Å². The highest BCUT2D eigenvalue weighted by molar-refractivity contribution is 4.83. The lowest BCUT2D eigenvalue weighted by molar-refractivity contribution is 0.0452. The van der Waals surface area contributed by atoms with Crippen LogP contribution >= 0.6 is 0 Å². The molecule has 2 aliphatic rings. The number of likely N-dealkylation sites (tertiary alicyclic amines) is 1. The van der Waals surface area contributed by atoms with E-state index in [0.29, 0.717) is 6.04 Å². The van der Waals surface area contributed by atoms with Gasteiger partial charge in [-0.3, -0.25) is 4.90 Å². The average molecular weight is 314 g/mol. The Balaban J connectivity index is 0.00000102. The Labute approximate surface area is 141 Å². The van der Waals surface area contributed by atoms with Crippen LogP contribution in [-0.4, -0.2) is 73.1 Å². The minimum Gasteiger partial charge on any atom is -0.306 e. The highest BCUT2D eigenvalue weighted by Crippen LogP contribution is 2.20. The molecule has 22 heavy (non-hydrogen) atoms. The molecule has 134 valence electrons. The van der Waals surface area contributed by atoms with Gasteiger partial charge in [-0.05, 0) is 59.7 Å². The maximum Gasteiger partial charge on any atom is 0.0198 e. The molecule has 1 atom stereocenters. The first-order valence-electron chi connectivity index (χ1n) is 9.73. The van der Waals surface area contributed by atoms with Crippen LogP contribution in [0.5, 0.6) is 0 Å². The first-order chi connectivity index (χ1) is 10.6. The molecule has 0 aromatic carbocycles. The zero-order valence-electron chi connectivity index (χ0n) is 16.7. The number of nitrogens with zero attached hydrogens (tertiary/aromatic N) is 3. The molecule has 3 heteroatoms. The van der Waals surface area contributed by atoms with E-state index in [-0.39, 0.29) is 0 Å². The standard InChI is InChI=1S/C15H31N3.2C2H6/c1-13(2)18-10-9-17(11-14(18)3)12-15-5-7-16(4)8-6-15;2*1-2/h13-15H,5-12H2,1-4H3;2*1-2H3/t14-;;/m1../s1. The zero-order valence-corrected chi connectivity index (χ0v) is 16.7. The van der Waals surface area contributed by atoms with Crippen molar-refractivity contribution in [2.24, 2.45) is 5.92 Å². The summed E-state index contributed by atoms with van der Waals surface area (Å²) in [5.41, 5.74) is 0. The lowest BCUT2D eigenvalue weighted by Gasteiger charge is -2.43. The lowest BCUT2D eigenvalue weighted by Crippen LogP contribution is -2.55. The van der Waals surface area contributed by atoms with Gasteiger partial charge in [-0.1, -0.05) is 27.7 Å². The van der Waals surface area contributed by atoms with E-state index >= 15 is 0 Å². The van der Waals surface area contributed by atoms with Crippen molar-refractivity contribution >= 4 is 0 Å². The van der Waals surface area contributed by atoms with E-state index in [0.717, 1.165) is 12.0 Å². The monoisotopic (exact) mass is 313 g/mol. The van der Waals surface area contributed by atoms with Gasteiger partial charge in [0.25, 0.3) is 0 Å². The van der Waals surface area contributed by atoms with E-state index in [1.54, 1.807) is 0 Å². The smallest absolute Gasteiger partial charge is 0.0198 e. The Morgan fingerprint density at radius 1 is 0.909 bits per heavy atom. The van der Waals surface area contributed by atoms with Gasteiger partial charge in [0.15, 0.2) is 0 Å². The lowest BCUT2D eigenvalue weighted by atomic mass is 9.96. The molecule has 0 N–H and O–H groups in total. The molecular formula is C19H43N3. The van der Waals surface area contributed by atoms with Gasteiger partial charge in [-0.2, -0.15) is 0 Å². The minimum absolute atomic E-state index is 0.700. The molecule has 2 aliphatic heterocycles. The van der Waals surface area contributed by atoms with E-state index in [2.05, 4.69) is 42.5 Å². The van der Waals surface area contributed by atoms with Crippen LogP contribution in [0.25, 0.3) is 0 Å². The summed E-state index contributed by atoms with van der Waals surface area (Å²) in [6, 6.07) is 1.43. The molecular weight excluding hydrogens is 270 g/mol. The molecule has 2 fully saturated rings. The molecule has 0 aliphatic carbocycles. The number of hydrogen-bond donors (Lipinski definition) is 0. The third kappa shape index (κ3) is 7.43. The largest absolute Gasteiger partial charge is 0.306 e. The number of rotatable bonds is 3. The summed E-state index contributed by atoms with van der Waals surface area (Å²) in [5, 5.41) is 0. The highest BCUT2D eigenvalue weighted by atomic mass is 15.3. The summed E-state index contributed by atoms with van der Waals surface area (Å²) in [6.45, 7) is 22.8. The molecule has 0 aromatic heterocycles. The van der Waals surface area contributed by atoms with Gasteiger partial charge in [0.05, 0.1) is 0 Å². The second-order valence-electron chi connectivity index (χ2n) is 6.69. The van der Waals surface area contributed by atoms with Crippen molar-refractivity contribution in [3.63, 3.8) is 0 Å². The van der Waals surface area contributed by atoms with Crippen molar-refractivity contribution in [1.29, 1.82) is 0 Å². The second-order valence-corrected chi connectivity index (χ2v) is 6.69. The molecule has 0 radical (unpaired) electrons. The molecule has 0 unspecified atom stereocenters. The van der Waals surface area contributed by atoms with Crippen LogP contribution in [0.2, 0.25) is 0 Å². The predicted octanol–water partition coefficient (Wildman–Crippen LogP) is 3.80. The average Bonchev–Trinajstić information content (AvgIpc) is 2.53. The van der Waals surface area contributed by atoms with Crippen molar-refractivity contribution < 1.29 is 0 Å². The third-order valence-corrected chi connectivity index (χ3v) is 4.78. The zero-order chi connectivity index (χ0) is 17.1. The fourth-order valence-corrected chi connectivity index (χ4v) is 3.59. The van der Waals surface area contributed by atoms with E-state index in [1.165, 1.54) is 52.1 Å². The molecule has 0 amide bonds. The summed E-state index contributed by atoms with van der Waals surface area (Å²) in [6.07, 6.45) is 2.80. The SMILES string of the molecule is CC.CC.CC(C)N1CCN(CC2CCN(C)CC2)C[C@H]1C. The molecule has 0 aromatic rings. The van der Waals surface area contributed by atoms with Gasteiger partial charge in [0, 0.05) is 38.3 Å². The number of piperazine rings is 1. The third-order valence-electron chi connectivity index (χ3n) is 4.78. The quantitative estimate of drug-likeness (QED) is 0.785. The van der Waals surface area contributed by atoms with Crippen molar-refractivity contribution in [1.82, 2.24) is 14.7 Å². The Hall–Kier alpha value is -0.120. The first-order valence-corrected chi connectivity index (χ1v) is 9.73. The summed E-state index contributed by atoms with van der Waals surface area (Å²) in [4.78, 5) is 7.82. The van der Waals surface area contributed by atoms with Gasteiger partial charge >= 0.3 is 0 Å². The van der Waals surface area contributed by atoms with Crippen LogP contribution in [0.4, 0.5) is 0 Å². The van der Waals surface area contributed by atoms with Crippen LogP contribution in [0.1, 0.15) is 61.3 Å². The minimum atomic E-state index is 0.700. The molecule has 0 bridgehead atoms. The van der Waals surface area contributed by atoms with Crippen LogP contribution in [0, 0.1) is 5.92 Å². The normalized spacial score (nSPS) is 25.2. The molecule has 0 spiro atoms.